The molecule has 2 aromatic heterocycles. The number of aromatic nitrogens is 4. The van der Waals surface area contributed by atoms with Crippen LogP contribution in [0.1, 0.15) is 30.9 Å². The normalized spacial score (nSPS) is 20.0. The minimum atomic E-state index is -3.17. The van der Waals surface area contributed by atoms with Gasteiger partial charge in [-0.2, -0.15) is 5.10 Å². The third-order valence-electron chi connectivity index (χ3n) is 9.02. The van der Waals surface area contributed by atoms with Gasteiger partial charge in [-0.1, -0.05) is 12.1 Å². The van der Waals surface area contributed by atoms with Crippen LogP contribution >= 0.6 is 0 Å². The minimum absolute atomic E-state index is 0.105. The molecule has 0 amide bonds. The maximum atomic E-state index is 14.7. The van der Waals surface area contributed by atoms with Gasteiger partial charge in [-0.3, -0.25) is 9.52 Å². The number of nitrogens with zero attached hydrogens (tertiary/aromatic N) is 7. The van der Waals surface area contributed by atoms with E-state index in [1.165, 1.54) is 23.7 Å². The molecule has 4 aromatic rings. The van der Waals surface area contributed by atoms with Gasteiger partial charge in [0.25, 0.3) is 0 Å². The fourth-order valence-electron chi connectivity index (χ4n) is 6.60. The van der Waals surface area contributed by atoms with Crippen LogP contribution in [0.3, 0.4) is 0 Å². The van der Waals surface area contributed by atoms with Crippen molar-refractivity contribution < 1.29 is 22.0 Å². The molecule has 3 aliphatic rings. The molecule has 1 spiro atoms. The Morgan fingerprint density at radius 2 is 1.84 bits per heavy atom. The molecule has 1 N–H and O–H groups in total. The quantitative estimate of drug-likeness (QED) is 0.310. The largest absolute Gasteiger partial charge is 0.370 e. The SMILES string of the molecule is Cn1cc(-c2cc(Nc3cc(N4OCC[C@@H]4c4cccc(F)c4F)ncn3)cc(N3CC4(CCN(S(C)(=O)=O)CC4)C3)c2)cn1. The fraction of sp³-hybridized carbons (Fsp3) is 0.387. The number of piperidine rings is 1. The summed E-state index contributed by atoms with van der Waals surface area (Å²) >= 11 is 0. The van der Waals surface area contributed by atoms with E-state index in [0.717, 1.165) is 54.5 Å². The number of anilines is 4. The van der Waals surface area contributed by atoms with Crippen molar-refractivity contribution in [1.29, 1.82) is 0 Å². The van der Waals surface area contributed by atoms with E-state index in [2.05, 4.69) is 37.4 Å². The van der Waals surface area contributed by atoms with Gasteiger partial charge in [0.2, 0.25) is 10.0 Å². The molecule has 0 saturated carbocycles. The zero-order valence-electron chi connectivity index (χ0n) is 25.0. The molecular weight excluding hydrogens is 602 g/mol. The van der Waals surface area contributed by atoms with Crippen LogP contribution in [0.25, 0.3) is 11.1 Å². The molecule has 0 aliphatic carbocycles. The van der Waals surface area contributed by atoms with Crippen LogP contribution in [-0.4, -0.2) is 71.5 Å². The molecule has 14 heteroatoms. The third kappa shape index (κ3) is 5.85. The van der Waals surface area contributed by atoms with E-state index in [1.807, 2.05) is 25.5 Å². The van der Waals surface area contributed by atoms with E-state index in [1.54, 1.807) is 21.1 Å². The molecule has 0 radical (unpaired) electrons. The van der Waals surface area contributed by atoms with Crippen molar-refractivity contribution in [2.24, 2.45) is 12.5 Å². The van der Waals surface area contributed by atoms with Crippen molar-refractivity contribution >= 4 is 33.0 Å². The van der Waals surface area contributed by atoms with Gasteiger partial charge in [0.15, 0.2) is 17.5 Å². The zero-order valence-corrected chi connectivity index (χ0v) is 25.8. The Bertz CT molecular complexity index is 1840. The van der Waals surface area contributed by atoms with Crippen LogP contribution < -0.4 is 15.3 Å². The maximum Gasteiger partial charge on any atom is 0.211 e. The molecule has 5 heterocycles. The number of hydrogen-bond acceptors (Lipinski definition) is 9. The Labute approximate surface area is 260 Å². The monoisotopic (exact) mass is 636 g/mol. The zero-order chi connectivity index (χ0) is 31.3. The van der Waals surface area contributed by atoms with E-state index < -0.39 is 27.7 Å². The first-order chi connectivity index (χ1) is 21.6. The second-order valence-corrected chi connectivity index (χ2v) is 14.2. The average molecular weight is 637 g/mol. The summed E-state index contributed by atoms with van der Waals surface area (Å²) in [5, 5.41) is 9.26. The topological polar surface area (TPSA) is 109 Å². The van der Waals surface area contributed by atoms with Crippen LogP contribution in [0.2, 0.25) is 0 Å². The summed E-state index contributed by atoms with van der Waals surface area (Å²) < 4.78 is 56.0. The molecule has 0 bridgehead atoms. The molecule has 11 nitrogen and oxygen atoms in total. The summed E-state index contributed by atoms with van der Waals surface area (Å²) in [5.41, 5.74) is 4.10. The van der Waals surface area contributed by atoms with Crippen molar-refractivity contribution in [3.8, 4) is 11.1 Å². The number of hydroxylamine groups is 1. The molecular formula is C31H34F2N8O3S. The summed E-state index contributed by atoms with van der Waals surface area (Å²) in [5.74, 6) is -0.857. The first kappa shape index (κ1) is 29.6. The predicted octanol–water partition coefficient (Wildman–Crippen LogP) is 4.64. The summed E-state index contributed by atoms with van der Waals surface area (Å²) in [6.45, 7) is 3.15. The van der Waals surface area contributed by atoms with Gasteiger partial charge < -0.3 is 10.2 Å². The number of rotatable bonds is 7. The lowest BCUT2D eigenvalue weighted by Gasteiger charge is -2.54. The van der Waals surface area contributed by atoms with Crippen molar-refractivity contribution in [2.75, 3.05) is 54.3 Å². The molecule has 3 aliphatic heterocycles. The van der Waals surface area contributed by atoms with Crippen molar-refractivity contribution in [3.05, 3.63) is 78.4 Å². The van der Waals surface area contributed by atoms with Crippen LogP contribution in [0.15, 0.2) is 61.2 Å². The maximum absolute atomic E-state index is 14.7. The average Bonchev–Trinajstić information content (AvgIpc) is 3.66. The number of sulfonamides is 1. The summed E-state index contributed by atoms with van der Waals surface area (Å²) in [6.07, 6.45) is 8.62. The molecule has 1 atom stereocenters. The smallest absolute Gasteiger partial charge is 0.211 e. The predicted molar refractivity (Wildman–Crippen MR) is 166 cm³/mol. The highest BCUT2D eigenvalue weighted by Crippen LogP contribution is 2.44. The van der Waals surface area contributed by atoms with Crippen molar-refractivity contribution in [1.82, 2.24) is 24.1 Å². The van der Waals surface area contributed by atoms with E-state index in [-0.39, 0.29) is 11.0 Å². The Morgan fingerprint density at radius 3 is 2.58 bits per heavy atom. The number of hydrogen-bond donors (Lipinski definition) is 1. The molecule has 236 valence electrons. The number of nitrogens with one attached hydrogen (secondary N) is 1. The Hall–Kier alpha value is -4.14. The van der Waals surface area contributed by atoms with Gasteiger partial charge in [0.1, 0.15) is 12.1 Å². The van der Waals surface area contributed by atoms with Crippen molar-refractivity contribution in [3.63, 3.8) is 0 Å². The van der Waals surface area contributed by atoms with Gasteiger partial charge in [-0.15, -0.1) is 0 Å². The van der Waals surface area contributed by atoms with E-state index in [4.69, 9.17) is 4.84 Å². The Balaban J connectivity index is 1.13. The second kappa shape index (κ2) is 11.3. The molecule has 2 aromatic carbocycles. The molecule has 7 rings (SSSR count). The van der Waals surface area contributed by atoms with Gasteiger partial charge in [-0.05, 0) is 42.7 Å². The second-order valence-electron chi connectivity index (χ2n) is 12.2. The fourth-order valence-corrected chi connectivity index (χ4v) is 7.44. The highest BCUT2D eigenvalue weighted by atomic mass is 32.2. The number of halogens is 2. The van der Waals surface area contributed by atoms with E-state index in [0.29, 0.717) is 37.8 Å². The van der Waals surface area contributed by atoms with Gasteiger partial charge in [-0.25, -0.2) is 36.5 Å². The van der Waals surface area contributed by atoms with E-state index >= 15 is 0 Å². The summed E-state index contributed by atoms with van der Waals surface area (Å²) in [4.78, 5) is 16.9. The summed E-state index contributed by atoms with van der Waals surface area (Å²) in [6, 6.07) is 11.6. The number of benzene rings is 2. The van der Waals surface area contributed by atoms with Gasteiger partial charge >= 0.3 is 0 Å². The minimum Gasteiger partial charge on any atom is -0.370 e. The molecule has 45 heavy (non-hydrogen) atoms. The Kier molecular flexibility index (Phi) is 7.45. The Morgan fingerprint density at radius 1 is 1.04 bits per heavy atom. The van der Waals surface area contributed by atoms with Crippen LogP contribution in [0.4, 0.5) is 31.8 Å². The first-order valence-corrected chi connectivity index (χ1v) is 16.7. The van der Waals surface area contributed by atoms with Crippen LogP contribution in [-0.2, 0) is 21.9 Å². The lowest BCUT2D eigenvalue weighted by atomic mass is 9.72. The molecule has 3 saturated heterocycles. The van der Waals surface area contributed by atoms with Gasteiger partial charge in [0.05, 0.1) is 25.1 Å². The highest BCUT2D eigenvalue weighted by Gasteiger charge is 2.46. The van der Waals surface area contributed by atoms with E-state index in [9.17, 15) is 17.2 Å². The van der Waals surface area contributed by atoms with Crippen LogP contribution in [0, 0.1) is 17.0 Å². The molecule has 3 fully saturated rings. The van der Waals surface area contributed by atoms with Crippen molar-refractivity contribution in [2.45, 2.75) is 25.3 Å². The molecule has 0 unspecified atom stereocenters. The lowest BCUT2D eigenvalue weighted by molar-refractivity contribution is 0.115. The standard InChI is InChI=1S/C31H34F2N8O3S/c1-38-17-22(16-36-38)21-12-23(14-24(13-21)39-18-31(19-39)7-9-40(10-8-31)45(2,42)43)37-28-15-29(35-20-34-28)41-27(6-11-44-41)25-4-3-5-26(32)30(25)33/h3-5,12-17,20,27H,6-11,18-19H2,1-2H3,(H,34,35,37)/t27-/m1/s1. The third-order valence-corrected chi connectivity index (χ3v) is 10.3. The van der Waals surface area contributed by atoms with Gasteiger partial charge in [0, 0.05) is 79.8 Å². The number of aryl methyl sites for hydroxylation is 1. The highest BCUT2D eigenvalue weighted by molar-refractivity contribution is 7.88. The first-order valence-electron chi connectivity index (χ1n) is 14.9. The van der Waals surface area contributed by atoms with Crippen LogP contribution in [0.5, 0.6) is 0 Å². The summed E-state index contributed by atoms with van der Waals surface area (Å²) in [7, 11) is -1.30. The lowest BCUT2D eigenvalue weighted by Crippen LogP contribution is -2.60.